The van der Waals surface area contributed by atoms with Gasteiger partial charge in [0.05, 0.1) is 0 Å². The van der Waals surface area contributed by atoms with Crippen molar-refractivity contribution in [2.75, 3.05) is 12.3 Å². The molecule has 3 heteroatoms. The normalized spacial score (nSPS) is 15.1. The Morgan fingerprint density at radius 2 is 2.10 bits per heavy atom. The summed E-state index contributed by atoms with van der Waals surface area (Å²) in [5.41, 5.74) is 12.3. The van der Waals surface area contributed by atoms with Crippen molar-refractivity contribution in [3.05, 3.63) is 63.7 Å². The molecule has 0 fully saturated rings. The van der Waals surface area contributed by atoms with Gasteiger partial charge in [-0.05, 0) is 53.8 Å². The molecule has 0 saturated heterocycles. The van der Waals surface area contributed by atoms with Gasteiger partial charge in [0, 0.05) is 30.3 Å². The van der Waals surface area contributed by atoms with Gasteiger partial charge in [0.25, 0.3) is 0 Å². The van der Waals surface area contributed by atoms with Crippen LogP contribution in [0.2, 0.25) is 5.02 Å². The van der Waals surface area contributed by atoms with E-state index in [9.17, 15) is 0 Å². The summed E-state index contributed by atoms with van der Waals surface area (Å²) in [6.07, 6.45) is 1.08. The topological polar surface area (TPSA) is 29.3 Å². The molecule has 0 aromatic heterocycles. The van der Waals surface area contributed by atoms with E-state index in [1.54, 1.807) is 0 Å². The lowest BCUT2D eigenvalue weighted by Crippen LogP contribution is -2.30. The SMILES string of the molecule is Cc1cc(Cl)ccc1CN1CCc2cccc(N)c2C1. The van der Waals surface area contributed by atoms with Crippen LogP contribution in [0.4, 0.5) is 5.69 Å². The van der Waals surface area contributed by atoms with Gasteiger partial charge in [-0.15, -0.1) is 0 Å². The number of anilines is 1. The van der Waals surface area contributed by atoms with Crippen molar-refractivity contribution in [2.24, 2.45) is 0 Å². The van der Waals surface area contributed by atoms with Gasteiger partial charge in [-0.3, -0.25) is 4.90 Å². The van der Waals surface area contributed by atoms with Crippen LogP contribution in [-0.2, 0) is 19.5 Å². The van der Waals surface area contributed by atoms with Crippen molar-refractivity contribution in [1.82, 2.24) is 4.90 Å². The first-order valence-electron chi connectivity index (χ1n) is 6.97. The maximum atomic E-state index is 6.10. The Morgan fingerprint density at radius 3 is 2.90 bits per heavy atom. The molecule has 2 N–H and O–H groups in total. The molecule has 2 aromatic rings. The fraction of sp³-hybridized carbons (Fsp3) is 0.294. The first kappa shape index (κ1) is 13.5. The molecule has 0 unspecified atom stereocenters. The zero-order valence-corrected chi connectivity index (χ0v) is 12.5. The second-order valence-electron chi connectivity index (χ2n) is 5.52. The highest BCUT2D eigenvalue weighted by molar-refractivity contribution is 6.30. The summed E-state index contributed by atoms with van der Waals surface area (Å²) in [6.45, 7) is 5.09. The van der Waals surface area contributed by atoms with Gasteiger partial charge in [0.2, 0.25) is 0 Å². The monoisotopic (exact) mass is 286 g/mol. The second kappa shape index (κ2) is 5.47. The third-order valence-corrected chi connectivity index (χ3v) is 4.32. The molecule has 1 aliphatic rings. The third kappa shape index (κ3) is 2.67. The predicted molar refractivity (Wildman–Crippen MR) is 84.9 cm³/mol. The predicted octanol–water partition coefficient (Wildman–Crippen LogP) is 3.79. The van der Waals surface area contributed by atoms with Gasteiger partial charge in [0.1, 0.15) is 0 Å². The van der Waals surface area contributed by atoms with Crippen LogP contribution >= 0.6 is 11.6 Å². The van der Waals surface area contributed by atoms with Gasteiger partial charge in [0.15, 0.2) is 0 Å². The van der Waals surface area contributed by atoms with E-state index in [1.165, 1.54) is 22.3 Å². The molecule has 0 saturated carbocycles. The maximum Gasteiger partial charge on any atom is 0.0408 e. The van der Waals surface area contributed by atoms with Crippen molar-refractivity contribution < 1.29 is 0 Å². The first-order chi connectivity index (χ1) is 9.63. The van der Waals surface area contributed by atoms with Crippen LogP contribution in [0.5, 0.6) is 0 Å². The highest BCUT2D eigenvalue weighted by Gasteiger charge is 2.18. The van der Waals surface area contributed by atoms with E-state index in [4.69, 9.17) is 17.3 Å². The van der Waals surface area contributed by atoms with Crippen molar-refractivity contribution in [3.63, 3.8) is 0 Å². The van der Waals surface area contributed by atoms with E-state index in [1.807, 2.05) is 24.3 Å². The number of nitrogen functional groups attached to an aromatic ring is 1. The molecule has 0 aliphatic carbocycles. The third-order valence-electron chi connectivity index (χ3n) is 4.09. The molecule has 0 radical (unpaired) electrons. The number of rotatable bonds is 2. The number of aryl methyl sites for hydroxylation is 1. The summed E-state index contributed by atoms with van der Waals surface area (Å²) >= 11 is 6.02. The van der Waals surface area contributed by atoms with Crippen LogP contribution in [0.25, 0.3) is 0 Å². The molecule has 0 atom stereocenters. The number of hydrogen-bond donors (Lipinski definition) is 1. The molecule has 1 aliphatic heterocycles. The number of benzene rings is 2. The molecule has 2 aromatic carbocycles. The number of hydrogen-bond acceptors (Lipinski definition) is 2. The maximum absolute atomic E-state index is 6.10. The van der Waals surface area contributed by atoms with Gasteiger partial charge < -0.3 is 5.73 Å². The van der Waals surface area contributed by atoms with E-state index < -0.39 is 0 Å². The second-order valence-corrected chi connectivity index (χ2v) is 5.95. The molecule has 104 valence electrons. The van der Waals surface area contributed by atoms with E-state index in [0.29, 0.717) is 0 Å². The Balaban J connectivity index is 1.79. The van der Waals surface area contributed by atoms with Crippen molar-refractivity contribution in [1.29, 1.82) is 0 Å². The van der Waals surface area contributed by atoms with Gasteiger partial charge >= 0.3 is 0 Å². The standard InChI is InChI=1S/C17H19ClN2/c1-12-9-15(18)6-5-14(12)10-20-8-7-13-3-2-4-17(19)16(13)11-20/h2-6,9H,7-8,10-11,19H2,1H3. The zero-order valence-electron chi connectivity index (χ0n) is 11.7. The lowest BCUT2D eigenvalue weighted by molar-refractivity contribution is 0.245. The highest BCUT2D eigenvalue weighted by atomic mass is 35.5. The smallest absolute Gasteiger partial charge is 0.0408 e. The summed E-state index contributed by atoms with van der Waals surface area (Å²) in [5, 5.41) is 0.805. The molecule has 20 heavy (non-hydrogen) atoms. The van der Waals surface area contributed by atoms with Gasteiger partial charge in [-0.1, -0.05) is 29.8 Å². The molecule has 0 amide bonds. The van der Waals surface area contributed by atoms with Crippen LogP contribution in [0, 0.1) is 6.92 Å². The number of halogens is 1. The quantitative estimate of drug-likeness (QED) is 0.851. The molecule has 2 nitrogen and oxygen atoms in total. The van der Waals surface area contributed by atoms with E-state index in [-0.39, 0.29) is 0 Å². The van der Waals surface area contributed by atoms with Gasteiger partial charge in [-0.25, -0.2) is 0 Å². The number of nitrogens with zero attached hydrogens (tertiary/aromatic N) is 1. The zero-order chi connectivity index (χ0) is 14.1. The fourth-order valence-corrected chi connectivity index (χ4v) is 3.10. The average Bonchev–Trinajstić information content (AvgIpc) is 2.43. The molecule has 3 rings (SSSR count). The number of nitrogens with two attached hydrogens (primary N) is 1. The van der Waals surface area contributed by atoms with Crippen LogP contribution < -0.4 is 5.73 Å². The van der Waals surface area contributed by atoms with Crippen molar-refractivity contribution in [2.45, 2.75) is 26.4 Å². The average molecular weight is 287 g/mol. The Morgan fingerprint density at radius 1 is 1.25 bits per heavy atom. The van der Waals surface area contributed by atoms with E-state index in [0.717, 1.165) is 36.8 Å². The summed E-state index contributed by atoms with van der Waals surface area (Å²) in [6, 6.07) is 12.4. The number of fused-ring (bicyclic) bond motifs is 1. The van der Waals surface area contributed by atoms with Crippen molar-refractivity contribution >= 4 is 17.3 Å². The Kier molecular flexibility index (Phi) is 3.68. The highest BCUT2D eigenvalue weighted by Crippen LogP contribution is 2.26. The fourth-order valence-electron chi connectivity index (χ4n) is 2.88. The molecule has 0 bridgehead atoms. The van der Waals surface area contributed by atoms with Crippen LogP contribution in [-0.4, -0.2) is 11.4 Å². The minimum absolute atomic E-state index is 0.805. The summed E-state index contributed by atoms with van der Waals surface area (Å²) < 4.78 is 0. The molecular weight excluding hydrogens is 268 g/mol. The lowest BCUT2D eigenvalue weighted by atomic mass is 9.97. The Labute approximate surface area is 125 Å². The largest absolute Gasteiger partial charge is 0.398 e. The molecule has 1 heterocycles. The lowest BCUT2D eigenvalue weighted by Gasteiger charge is -2.30. The summed E-state index contributed by atoms with van der Waals surface area (Å²) in [7, 11) is 0. The summed E-state index contributed by atoms with van der Waals surface area (Å²) in [4.78, 5) is 2.45. The van der Waals surface area contributed by atoms with Crippen LogP contribution in [0.15, 0.2) is 36.4 Å². The van der Waals surface area contributed by atoms with E-state index >= 15 is 0 Å². The minimum atomic E-state index is 0.805. The first-order valence-corrected chi connectivity index (χ1v) is 7.35. The van der Waals surface area contributed by atoms with Crippen molar-refractivity contribution in [3.8, 4) is 0 Å². The Bertz CT molecular complexity index is 637. The summed E-state index contributed by atoms with van der Waals surface area (Å²) in [5.74, 6) is 0. The van der Waals surface area contributed by atoms with Gasteiger partial charge in [-0.2, -0.15) is 0 Å². The van der Waals surface area contributed by atoms with Crippen LogP contribution in [0.1, 0.15) is 22.3 Å². The Hall–Kier alpha value is -1.51. The minimum Gasteiger partial charge on any atom is -0.398 e. The molecular formula is C17H19ClN2. The molecule has 0 spiro atoms. The van der Waals surface area contributed by atoms with Crippen LogP contribution in [0.3, 0.4) is 0 Å². The van der Waals surface area contributed by atoms with E-state index in [2.05, 4.69) is 24.0 Å².